The van der Waals surface area contributed by atoms with Crippen molar-refractivity contribution < 1.29 is 13.5 Å². The molecule has 6 aliphatic rings. The van der Waals surface area contributed by atoms with E-state index in [1.807, 2.05) is 6.92 Å². The van der Waals surface area contributed by atoms with Crippen LogP contribution in [-0.2, 0) is 13.5 Å². The van der Waals surface area contributed by atoms with Crippen molar-refractivity contribution >= 4 is 39.3 Å². The second-order valence-electron chi connectivity index (χ2n) is 14.4. The van der Waals surface area contributed by atoms with E-state index in [2.05, 4.69) is 13.8 Å². The zero-order chi connectivity index (χ0) is 28.3. The third-order valence-electron chi connectivity index (χ3n) is 11.5. The summed E-state index contributed by atoms with van der Waals surface area (Å²) >= 11 is -1.50. The minimum atomic E-state index is -1.50. The third-order valence-corrected chi connectivity index (χ3v) is 24.2. The summed E-state index contributed by atoms with van der Waals surface area (Å²) in [7, 11) is 12.3. The molecule has 0 aromatic carbocycles. The average Bonchev–Trinajstić information content (AvgIpc) is 3.81. The summed E-state index contributed by atoms with van der Waals surface area (Å²) in [6.45, 7) is 6.26. The molecule has 40 heavy (non-hydrogen) atoms. The molecule has 5 heteroatoms. The second-order valence-corrected chi connectivity index (χ2v) is 26.8. The summed E-state index contributed by atoms with van der Waals surface area (Å²) in [4.78, 5) is 0. The maximum atomic E-state index is 5.69. The average molecular weight is 719 g/mol. The predicted molar refractivity (Wildman–Crippen MR) is 185 cm³/mol. The van der Waals surface area contributed by atoms with Gasteiger partial charge in [-0.1, -0.05) is 92.9 Å². The van der Waals surface area contributed by atoms with Crippen LogP contribution in [0.2, 0.25) is 0 Å². The molecule has 6 rings (SSSR count). The Kier molecular flexibility index (Phi) is 16.4. The van der Waals surface area contributed by atoms with Gasteiger partial charge in [-0.05, 0) is 111 Å². The van der Waals surface area contributed by atoms with Gasteiger partial charge in [0.05, 0.1) is 0 Å². The van der Waals surface area contributed by atoms with E-state index in [9.17, 15) is 0 Å². The van der Waals surface area contributed by atoms with Crippen LogP contribution in [0.15, 0.2) is 0 Å². The van der Waals surface area contributed by atoms with E-state index in [1.165, 1.54) is 38.1 Å². The molecule has 0 unspecified atom stereocenters. The molecule has 236 valence electrons. The Morgan fingerprint density at radius 1 is 0.450 bits per heavy atom. The molecule has 0 heterocycles. The summed E-state index contributed by atoms with van der Waals surface area (Å²) in [5.74, 6) is 0.559. The van der Waals surface area contributed by atoms with E-state index >= 15 is 0 Å². The first-order chi connectivity index (χ1) is 19.5. The van der Waals surface area contributed by atoms with Gasteiger partial charge in [0.15, 0.2) is 0 Å². The Labute approximate surface area is 266 Å². The van der Waals surface area contributed by atoms with Crippen molar-refractivity contribution in [2.45, 2.75) is 209 Å². The van der Waals surface area contributed by atoms with E-state index in [0.717, 1.165) is 0 Å². The molecule has 0 N–H and O–H groups in total. The summed E-state index contributed by atoms with van der Waals surface area (Å²) in [5.41, 5.74) is 7.26. The van der Waals surface area contributed by atoms with Crippen LogP contribution in [-0.4, -0.2) is 38.1 Å². The van der Waals surface area contributed by atoms with Crippen LogP contribution in [0.25, 0.3) is 0 Å². The SMILES string of the molecule is C1CCC(P(C2CCCC2)C2CCCC2)C1.C1CCC(P(C2CCCC2)C2CCCC2)C1.C[C](C(C)C)=[Ru]([Cl])[Cl]. The van der Waals surface area contributed by atoms with Crippen LogP contribution in [0.4, 0.5) is 0 Å². The fourth-order valence-electron chi connectivity index (χ4n) is 9.16. The number of rotatable bonds is 7. The van der Waals surface area contributed by atoms with Crippen molar-refractivity contribution in [3.05, 3.63) is 0 Å². The Morgan fingerprint density at radius 2 is 0.625 bits per heavy atom. The van der Waals surface area contributed by atoms with Crippen LogP contribution in [0.1, 0.15) is 175 Å². The molecule has 6 aliphatic carbocycles. The minimum absolute atomic E-state index is 0.436. The molecule has 0 spiro atoms. The van der Waals surface area contributed by atoms with Crippen LogP contribution in [0.5, 0.6) is 0 Å². The van der Waals surface area contributed by atoms with E-state index in [4.69, 9.17) is 19.4 Å². The number of hydrogen-bond donors (Lipinski definition) is 0. The first kappa shape index (κ1) is 34.8. The second kappa shape index (κ2) is 18.8. The molecule has 0 aromatic heterocycles. The summed E-state index contributed by atoms with van der Waals surface area (Å²) in [6, 6.07) is 0. The standard InChI is InChI=1S/2C15H27P.C5H10.2ClH.Ru/c2*1-2-8-13(7-1)16(14-9-3-4-10-14)15-11-5-6-12-15;1-4-5(2)3;;;/h2*13-15H,1-12H2;5H,1-3H3;2*1H;/q;;;;;+2/p-2. The fourth-order valence-corrected chi connectivity index (χ4v) is 21.1. The summed E-state index contributed by atoms with van der Waals surface area (Å²) < 4.78 is 1.28. The van der Waals surface area contributed by atoms with Gasteiger partial charge < -0.3 is 0 Å². The van der Waals surface area contributed by atoms with Crippen LogP contribution < -0.4 is 0 Å². The molecule has 0 radical (unpaired) electrons. The van der Waals surface area contributed by atoms with Gasteiger partial charge in [0.25, 0.3) is 0 Å². The van der Waals surface area contributed by atoms with E-state index in [-0.39, 0.29) is 0 Å². The third kappa shape index (κ3) is 10.5. The van der Waals surface area contributed by atoms with Crippen molar-refractivity contribution in [1.29, 1.82) is 0 Å². The van der Waals surface area contributed by atoms with Crippen LogP contribution in [0.3, 0.4) is 0 Å². The normalized spacial score (nSPS) is 26.2. The molecule has 0 atom stereocenters. The van der Waals surface area contributed by atoms with Crippen molar-refractivity contribution in [2.75, 3.05) is 0 Å². The number of halogens is 2. The fraction of sp³-hybridized carbons (Fsp3) is 0.971. The van der Waals surface area contributed by atoms with Crippen molar-refractivity contribution in [3.63, 3.8) is 0 Å². The van der Waals surface area contributed by atoms with E-state index in [0.29, 0.717) is 21.8 Å². The van der Waals surface area contributed by atoms with Gasteiger partial charge in [-0.15, -0.1) is 0 Å². The van der Waals surface area contributed by atoms with Gasteiger partial charge in [-0.3, -0.25) is 0 Å². The van der Waals surface area contributed by atoms with Gasteiger partial charge in [0.2, 0.25) is 0 Å². The van der Waals surface area contributed by atoms with E-state index in [1.54, 1.807) is 154 Å². The molecule has 0 amide bonds. The molecular formula is C35H64Cl2P2Ru. The molecule has 0 bridgehead atoms. The van der Waals surface area contributed by atoms with Gasteiger partial charge >= 0.3 is 63.7 Å². The number of hydrogen-bond acceptors (Lipinski definition) is 0. The summed E-state index contributed by atoms with van der Waals surface area (Å²) in [5, 5.41) is 0. The molecular weight excluding hydrogens is 654 g/mol. The molecule has 0 nitrogen and oxygen atoms in total. The van der Waals surface area contributed by atoms with Gasteiger partial charge in [0, 0.05) is 0 Å². The predicted octanol–water partition coefficient (Wildman–Crippen LogP) is 13.4. The molecule has 6 saturated carbocycles. The molecule has 6 fully saturated rings. The first-order valence-corrected chi connectivity index (χ1v) is 26.3. The van der Waals surface area contributed by atoms with Gasteiger partial charge in [-0.2, -0.15) is 0 Å². The zero-order valence-corrected chi connectivity index (χ0v) is 31.6. The van der Waals surface area contributed by atoms with Crippen molar-refractivity contribution in [1.82, 2.24) is 0 Å². The van der Waals surface area contributed by atoms with Crippen LogP contribution in [0, 0.1) is 5.92 Å². The summed E-state index contributed by atoms with van der Waals surface area (Å²) in [6.07, 6.45) is 38.0. The quantitative estimate of drug-likeness (QED) is 0.182. The van der Waals surface area contributed by atoms with Crippen molar-refractivity contribution in [2.24, 2.45) is 5.92 Å². The molecule has 0 aliphatic heterocycles. The Bertz CT molecular complexity index is 594. The van der Waals surface area contributed by atoms with Crippen LogP contribution >= 0.6 is 35.2 Å². The molecule has 0 aromatic rings. The van der Waals surface area contributed by atoms with E-state index < -0.39 is 13.5 Å². The Morgan fingerprint density at radius 3 is 0.725 bits per heavy atom. The van der Waals surface area contributed by atoms with Crippen molar-refractivity contribution in [3.8, 4) is 0 Å². The molecule has 0 saturated heterocycles. The monoisotopic (exact) mass is 718 g/mol. The Hall–Kier alpha value is 1.93. The van der Waals surface area contributed by atoms with Gasteiger partial charge in [0.1, 0.15) is 0 Å². The first-order valence-electron chi connectivity index (χ1n) is 17.8. The maximum absolute atomic E-state index is 5.69. The van der Waals surface area contributed by atoms with Gasteiger partial charge in [-0.25, -0.2) is 0 Å². The topological polar surface area (TPSA) is 0 Å². The zero-order valence-electron chi connectivity index (χ0n) is 26.5. The Balaban J connectivity index is 0.000000148.